The van der Waals surface area contributed by atoms with Gasteiger partial charge in [0, 0.05) is 48.4 Å². The largest absolute Gasteiger partial charge is 0.335 e. The Morgan fingerprint density at radius 1 is 0.760 bits per heavy atom. The third-order valence-corrected chi connectivity index (χ3v) is 4.31. The standard InChI is InChI=1S/C18H15ClF2N2O2/c19-14-3-1-12(2-4-14)17(24)22-5-7-23(8-6-22)18(25)13-9-15(20)11-16(21)10-13/h1-4,9-11H,5-8H2. The topological polar surface area (TPSA) is 40.6 Å². The van der Waals surface area contributed by atoms with Crippen molar-refractivity contribution in [1.82, 2.24) is 9.80 Å². The van der Waals surface area contributed by atoms with Gasteiger partial charge in [0.15, 0.2) is 0 Å². The fourth-order valence-electron chi connectivity index (χ4n) is 2.75. The normalized spacial score (nSPS) is 14.5. The Kier molecular flexibility index (Phi) is 4.99. The molecule has 4 nitrogen and oxygen atoms in total. The molecule has 7 heteroatoms. The predicted octanol–water partition coefficient (Wildman–Crippen LogP) is 3.22. The molecule has 0 spiro atoms. The molecule has 1 fully saturated rings. The summed E-state index contributed by atoms with van der Waals surface area (Å²) in [5, 5.41) is 0.550. The van der Waals surface area contributed by atoms with Gasteiger partial charge in [-0.2, -0.15) is 0 Å². The van der Waals surface area contributed by atoms with E-state index in [9.17, 15) is 18.4 Å². The maximum Gasteiger partial charge on any atom is 0.254 e. The lowest BCUT2D eigenvalue weighted by Crippen LogP contribution is -2.50. The number of hydrogen-bond acceptors (Lipinski definition) is 2. The second-order valence-electron chi connectivity index (χ2n) is 5.75. The molecule has 0 unspecified atom stereocenters. The zero-order valence-corrected chi connectivity index (χ0v) is 14.0. The van der Waals surface area contributed by atoms with E-state index in [1.165, 1.54) is 4.90 Å². The van der Waals surface area contributed by atoms with E-state index in [2.05, 4.69) is 0 Å². The fourth-order valence-corrected chi connectivity index (χ4v) is 2.87. The van der Waals surface area contributed by atoms with Crippen LogP contribution in [0.1, 0.15) is 20.7 Å². The van der Waals surface area contributed by atoms with Crippen LogP contribution in [-0.2, 0) is 0 Å². The van der Waals surface area contributed by atoms with E-state index in [0.717, 1.165) is 18.2 Å². The number of benzene rings is 2. The van der Waals surface area contributed by atoms with Crippen molar-refractivity contribution in [2.24, 2.45) is 0 Å². The minimum absolute atomic E-state index is 0.0324. The molecule has 3 rings (SSSR count). The Balaban J connectivity index is 1.64. The Bertz CT molecular complexity index is 783. The minimum atomic E-state index is -0.792. The number of amides is 2. The molecule has 0 aliphatic carbocycles. The number of nitrogens with zero attached hydrogens (tertiary/aromatic N) is 2. The van der Waals surface area contributed by atoms with Crippen LogP contribution in [0.15, 0.2) is 42.5 Å². The van der Waals surface area contributed by atoms with Gasteiger partial charge >= 0.3 is 0 Å². The number of piperazine rings is 1. The van der Waals surface area contributed by atoms with Crippen LogP contribution < -0.4 is 0 Å². The number of rotatable bonds is 2. The van der Waals surface area contributed by atoms with E-state index in [0.29, 0.717) is 36.8 Å². The van der Waals surface area contributed by atoms with Gasteiger partial charge in [0.2, 0.25) is 0 Å². The molecule has 2 aromatic carbocycles. The van der Waals surface area contributed by atoms with Gasteiger partial charge in [0.05, 0.1) is 0 Å². The number of carbonyl (C=O) groups excluding carboxylic acids is 2. The van der Waals surface area contributed by atoms with Crippen molar-refractivity contribution in [1.29, 1.82) is 0 Å². The fraction of sp³-hybridized carbons (Fsp3) is 0.222. The van der Waals surface area contributed by atoms with Gasteiger partial charge in [0.25, 0.3) is 11.8 Å². The molecule has 25 heavy (non-hydrogen) atoms. The molecule has 1 saturated heterocycles. The van der Waals surface area contributed by atoms with Crippen molar-refractivity contribution in [2.45, 2.75) is 0 Å². The van der Waals surface area contributed by atoms with E-state index in [1.54, 1.807) is 29.2 Å². The molecule has 0 bridgehead atoms. The van der Waals surface area contributed by atoms with E-state index in [4.69, 9.17) is 11.6 Å². The maximum absolute atomic E-state index is 13.3. The van der Waals surface area contributed by atoms with Crippen LogP contribution in [0.4, 0.5) is 8.78 Å². The lowest BCUT2D eigenvalue weighted by molar-refractivity contribution is 0.0535. The number of halogens is 3. The SMILES string of the molecule is O=C(c1ccc(Cl)cc1)N1CCN(C(=O)c2cc(F)cc(F)c2)CC1. The van der Waals surface area contributed by atoms with Crippen LogP contribution >= 0.6 is 11.6 Å². The molecule has 1 heterocycles. The van der Waals surface area contributed by atoms with Gasteiger partial charge in [-0.25, -0.2) is 8.78 Å². The van der Waals surface area contributed by atoms with Crippen molar-refractivity contribution in [3.63, 3.8) is 0 Å². The maximum atomic E-state index is 13.3. The third kappa shape index (κ3) is 3.96. The van der Waals surface area contributed by atoms with Gasteiger partial charge in [-0.05, 0) is 36.4 Å². The molecule has 0 atom stereocenters. The molecule has 1 aliphatic heterocycles. The summed E-state index contributed by atoms with van der Waals surface area (Å²) in [5.41, 5.74) is 0.492. The molecular formula is C18H15ClF2N2O2. The van der Waals surface area contributed by atoms with E-state index in [1.807, 2.05) is 0 Å². The average molecular weight is 365 g/mol. The summed E-state index contributed by atoms with van der Waals surface area (Å²) in [6.07, 6.45) is 0. The molecule has 0 N–H and O–H groups in total. The number of carbonyl (C=O) groups is 2. The van der Waals surface area contributed by atoms with Gasteiger partial charge in [-0.1, -0.05) is 11.6 Å². The second-order valence-corrected chi connectivity index (χ2v) is 6.19. The van der Waals surface area contributed by atoms with Crippen molar-refractivity contribution in [3.8, 4) is 0 Å². The van der Waals surface area contributed by atoms with Gasteiger partial charge in [-0.15, -0.1) is 0 Å². The first kappa shape index (κ1) is 17.4. The zero-order chi connectivity index (χ0) is 18.0. The summed E-state index contributed by atoms with van der Waals surface area (Å²) in [6.45, 7) is 1.31. The predicted molar refractivity (Wildman–Crippen MR) is 89.6 cm³/mol. The average Bonchev–Trinajstić information content (AvgIpc) is 2.60. The van der Waals surface area contributed by atoms with Crippen molar-refractivity contribution in [3.05, 3.63) is 70.2 Å². The molecule has 0 aromatic heterocycles. The van der Waals surface area contributed by atoms with E-state index >= 15 is 0 Å². The summed E-state index contributed by atoms with van der Waals surface area (Å²) >= 11 is 5.81. The highest BCUT2D eigenvalue weighted by Crippen LogP contribution is 2.15. The first-order valence-electron chi connectivity index (χ1n) is 7.74. The first-order valence-corrected chi connectivity index (χ1v) is 8.12. The molecule has 2 amide bonds. The molecule has 1 aliphatic rings. The Hall–Kier alpha value is -2.47. The third-order valence-electron chi connectivity index (χ3n) is 4.05. The molecule has 0 radical (unpaired) electrons. The van der Waals surface area contributed by atoms with Crippen LogP contribution in [0, 0.1) is 11.6 Å². The quantitative estimate of drug-likeness (QED) is 0.821. The second kappa shape index (κ2) is 7.19. The molecule has 130 valence electrons. The Morgan fingerprint density at radius 3 is 1.68 bits per heavy atom. The summed E-state index contributed by atoms with van der Waals surface area (Å²) in [7, 11) is 0. The highest BCUT2D eigenvalue weighted by molar-refractivity contribution is 6.30. The molecule has 0 saturated carbocycles. The van der Waals surface area contributed by atoms with Crippen molar-refractivity contribution >= 4 is 23.4 Å². The first-order chi connectivity index (χ1) is 11.9. The van der Waals surface area contributed by atoms with E-state index in [-0.39, 0.29) is 11.5 Å². The van der Waals surface area contributed by atoms with Gasteiger partial charge < -0.3 is 9.80 Å². The lowest BCUT2D eigenvalue weighted by atomic mass is 10.1. The zero-order valence-electron chi connectivity index (χ0n) is 13.2. The van der Waals surface area contributed by atoms with Crippen LogP contribution in [0.2, 0.25) is 5.02 Å². The Labute approximate surface area is 148 Å². The van der Waals surface area contributed by atoms with Crippen molar-refractivity contribution < 1.29 is 18.4 Å². The van der Waals surface area contributed by atoms with Crippen LogP contribution in [0.25, 0.3) is 0 Å². The highest BCUT2D eigenvalue weighted by atomic mass is 35.5. The minimum Gasteiger partial charge on any atom is -0.335 e. The van der Waals surface area contributed by atoms with Crippen LogP contribution in [0.3, 0.4) is 0 Å². The Morgan fingerprint density at radius 2 is 1.20 bits per heavy atom. The lowest BCUT2D eigenvalue weighted by Gasteiger charge is -2.34. The molecule has 2 aromatic rings. The summed E-state index contributed by atoms with van der Waals surface area (Å²) in [6, 6.07) is 9.34. The number of hydrogen-bond donors (Lipinski definition) is 0. The van der Waals surface area contributed by atoms with E-state index < -0.39 is 17.5 Å². The molecular weight excluding hydrogens is 350 g/mol. The van der Waals surface area contributed by atoms with Crippen LogP contribution in [-0.4, -0.2) is 47.8 Å². The van der Waals surface area contributed by atoms with Gasteiger partial charge in [0.1, 0.15) is 11.6 Å². The summed E-state index contributed by atoms with van der Waals surface area (Å²) < 4.78 is 26.5. The van der Waals surface area contributed by atoms with Crippen LogP contribution in [0.5, 0.6) is 0 Å². The van der Waals surface area contributed by atoms with Crippen molar-refractivity contribution in [2.75, 3.05) is 26.2 Å². The smallest absolute Gasteiger partial charge is 0.254 e. The summed E-state index contributed by atoms with van der Waals surface area (Å²) in [4.78, 5) is 27.9. The highest BCUT2D eigenvalue weighted by Gasteiger charge is 2.26. The summed E-state index contributed by atoms with van der Waals surface area (Å²) in [5.74, 6) is -2.17. The van der Waals surface area contributed by atoms with Gasteiger partial charge in [-0.3, -0.25) is 9.59 Å². The monoisotopic (exact) mass is 364 g/mol.